The highest BCUT2D eigenvalue weighted by Gasteiger charge is 2.04. The van der Waals surface area contributed by atoms with Gasteiger partial charge in [0.2, 0.25) is 5.91 Å². The number of nitrogens with one attached hydrogen (secondary N) is 1. The number of rotatable bonds is 5. The molecule has 1 aromatic heterocycles. The van der Waals surface area contributed by atoms with Gasteiger partial charge >= 0.3 is 6.61 Å². The van der Waals surface area contributed by atoms with Crippen molar-refractivity contribution in [2.75, 3.05) is 5.32 Å². The van der Waals surface area contributed by atoms with Crippen molar-refractivity contribution in [2.24, 2.45) is 0 Å². The lowest BCUT2D eigenvalue weighted by atomic mass is 10.3. The second kappa shape index (κ2) is 6.69. The average Bonchev–Trinajstić information content (AvgIpc) is 2.84. The van der Waals surface area contributed by atoms with Gasteiger partial charge in [0.1, 0.15) is 17.3 Å². The van der Waals surface area contributed by atoms with Crippen LogP contribution in [-0.2, 0) is 4.79 Å². The van der Waals surface area contributed by atoms with Crippen molar-refractivity contribution in [3.8, 4) is 5.75 Å². The standard InChI is InChI=1S/C15H13F2NO3/c1-10-2-5-12(20-10)8-9-14(19)18-11-3-6-13(7-4-11)21-15(16)17/h2-9,15H,1H3,(H,18,19). The van der Waals surface area contributed by atoms with Crippen molar-refractivity contribution in [3.05, 3.63) is 54.0 Å². The average molecular weight is 293 g/mol. The summed E-state index contributed by atoms with van der Waals surface area (Å²) in [5.41, 5.74) is 0.474. The Morgan fingerprint density at radius 3 is 2.52 bits per heavy atom. The SMILES string of the molecule is Cc1ccc(C=CC(=O)Nc2ccc(OC(F)F)cc2)o1. The molecule has 2 rings (SSSR count). The van der Waals surface area contributed by atoms with Gasteiger partial charge < -0.3 is 14.5 Å². The Bertz CT molecular complexity index is 633. The van der Waals surface area contributed by atoms with Gasteiger partial charge in [0.25, 0.3) is 0 Å². The molecule has 110 valence electrons. The minimum atomic E-state index is -2.87. The van der Waals surface area contributed by atoms with Crippen molar-refractivity contribution in [1.29, 1.82) is 0 Å². The first-order valence-electron chi connectivity index (χ1n) is 6.13. The fourth-order valence-electron chi connectivity index (χ4n) is 1.60. The summed E-state index contributed by atoms with van der Waals surface area (Å²) in [5, 5.41) is 2.59. The van der Waals surface area contributed by atoms with E-state index in [0.717, 1.165) is 5.76 Å². The van der Waals surface area contributed by atoms with E-state index in [1.54, 1.807) is 19.1 Å². The van der Waals surface area contributed by atoms with E-state index in [1.165, 1.54) is 36.4 Å². The minimum Gasteiger partial charge on any atom is -0.462 e. The predicted molar refractivity (Wildman–Crippen MR) is 74.2 cm³/mol. The van der Waals surface area contributed by atoms with Gasteiger partial charge in [-0.15, -0.1) is 0 Å². The quantitative estimate of drug-likeness (QED) is 0.852. The Kier molecular flexibility index (Phi) is 4.71. The summed E-state index contributed by atoms with van der Waals surface area (Å²) in [6.45, 7) is -1.06. The molecule has 6 heteroatoms. The smallest absolute Gasteiger partial charge is 0.387 e. The van der Waals surface area contributed by atoms with Crippen LogP contribution >= 0.6 is 0 Å². The van der Waals surface area contributed by atoms with E-state index in [4.69, 9.17) is 4.42 Å². The molecule has 1 N–H and O–H groups in total. The van der Waals surface area contributed by atoms with Crippen LogP contribution in [0.15, 0.2) is 46.9 Å². The maximum atomic E-state index is 12.0. The Balaban J connectivity index is 1.91. The molecule has 0 aliphatic heterocycles. The van der Waals surface area contributed by atoms with Gasteiger partial charge in [0, 0.05) is 11.8 Å². The molecule has 0 bridgehead atoms. The highest BCUT2D eigenvalue weighted by atomic mass is 19.3. The molecule has 1 amide bonds. The predicted octanol–water partition coefficient (Wildman–Crippen LogP) is 3.84. The highest BCUT2D eigenvalue weighted by molar-refractivity contribution is 6.01. The van der Waals surface area contributed by atoms with Crippen molar-refractivity contribution in [3.63, 3.8) is 0 Å². The van der Waals surface area contributed by atoms with Crippen molar-refractivity contribution in [1.82, 2.24) is 0 Å². The van der Waals surface area contributed by atoms with Gasteiger partial charge in [-0.2, -0.15) is 8.78 Å². The number of furan rings is 1. The minimum absolute atomic E-state index is 0.0320. The number of amides is 1. The third-order valence-corrected chi connectivity index (χ3v) is 2.51. The molecule has 0 fully saturated rings. The van der Waals surface area contributed by atoms with Gasteiger partial charge in [-0.25, -0.2) is 0 Å². The van der Waals surface area contributed by atoms with Crippen LogP contribution in [0.1, 0.15) is 11.5 Å². The van der Waals surface area contributed by atoms with E-state index >= 15 is 0 Å². The maximum absolute atomic E-state index is 12.0. The summed E-state index contributed by atoms with van der Waals surface area (Å²) in [6, 6.07) is 9.18. The van der Waals surface area contributed by atoms with Gasteiger partial charge in [0.15, 0.2) is 0 Å². The van der Waals surface area contributed by atoms with Crippen LogP contribution in [0.2, 0.25) is 0 Å². The number of ether oxygens (including phenoxy) is 1. The molecule has 0 aliphatic carbocycles. The fourth-order valence-corrected chi connectivity index (χ4v) is 1.60. The number of halogens is 2. The number of alkyl halides is 2. The molecule has 0 saturated carbocycles. The third kappa shape index (κ3) is 4.76. The molecular formula is C15H13F2NO3. The van der Waals surface area contributed by atoms with E-state index in [0.29, 0.717) is 11.4 Å². The number of aryl methyl sites for hydroxylation is 1. The molecule has 4 nitrogen and oxygen atoms in total. The van der Waals surface area contributed by atoms with Crippen LogP contribution in [0.4, 0.5) is 14.5 Å². The molecule has 0 saturated heterocycles. The third-order valence-electron chi connectivity index (χ3n) is 2.51. The lowest BCUT2D eigenvalue weighted by molar-refractivity contribution is -0.111. The Morgan fingerprint density at radius 1 is 1.24 bits per heavy atom. The number of carbonyl (C=O) groups is 1. The summed E-state index contributed by atoms with van der Waals surface area (Å²) < 4.78 is 33.5. The van der Waals surface area contributed by atoms with Crippen molar-refractivity contribution >= 4 is 17.7 Å². The topological polar surface area (TPSA) is 51.5 Å². The van der Waals surface area contributed by atoms with Gasteiger partial charge in [-0.05, 0) is 49.4 Å². The molecule has 0 radical (unpaired) electrons. The Labute approximate surface area is 120 Å². The molecule has 0 atom stereocenters. The summed E-state index contributed by atoms with van der Waals surface area (Å²) >= 11 is 0. The van der Waals surface area contributed by atoms with Crippen LogP contribution in [0, 0.1) is 6.92 Å². The zero-order valence-electron chi connectivity index (χ0n) is 11.2. The summed E-state index contributed by atoms with van der Waals surface area (Å²) in [4.78, 5) is 11.7. The Morgan fingerprint density at radius 2 is 1.95 bits per heavy atom. The first-order valence-corrected chi connectivity index (χ1v) is 6.13. The zero-order chi connectivity index (χ0) is 15.2. The van der Waals surface area contributed by atoms with E-state index in [9.17, 15) is 13.6 Å². The molecule has 21 heavy (non-hydrogen) atoms. The fraction of sp³-hybridized carbons (Fsp3) is 0.133. The second-order valence-corrected chi connectivity index (χ2v) is 4.17. The summed E-state index contributed by atoms with van der Waals surface area (Å²) in [6.07, 6.45) is 2.86. The van der Waals surface area contributed by atoms with Gasteiger partial charge in [-0.1, -0.05) is 0 Å². The second-order valence-electron chi connectivity index (χ2n) is 4.17. The molecule has 1 heterocycles. The zero-order valence-corrected chi connectivity index (χ0v) is 11.2. The number of carbonyl (C=O) groups excluding carboxylic acids is 1. The summed E-state index contributed by atoms with van der Waals surface area (Å²) in [7, 11) is 0. The first kappa shape index (κ1) is 14.8. The molecule has 0 spiro atoms. The first-order chi connectivity index (χ1) is 10.0. The Hall–Kier alpha value is -2.63. The van der Waals surface area contributed by atoms with Crippen LogP contribution in [-0.4, -0.2) is 12.5 Å². The molecule has 2 aromatic rings. The summed E-state index contributed by atoms with van der Waals surface area (Å²) in [5.74, 6) is 1.00. The van der Waals surface area contributed by atoms with E-state index in [-0.39, 0.29) is 11.7 Å². The monoisotopic (exact) mass is 293 g/mol. The number of hydrogen-bond donors (Lipinski definition) is 1. The lowest BCUT2D eigenvalue weighted by Crippen LogP contribution is -2.07. The number of benzene rings is 1. The number of anilines is 1. The molecule has 0 unspecified atom stereocenters. The van der Waals surface area contributed by atoms with Gasteiger partial charge in [0.05, 0.1) is 0 Å². The van der Waals surface area contributed by atoms with E-state index in [1.807, 2.05) is 0 Å². The number of hydrogen-bond acceptors (Lipinski definition) is 3. The molecular weight excluding hydrogens is 280 g/mol. The normalized spacial score (nSPS) is 11.0. The van der Waals surface area contributed by atoms with Crippen LogP contribution < -0.4 is 10.1 Å². The lowest BCUT2D eigenvalue weighted by Gasteiger charge is -2.06. The van der Waals surface area contributed by atoms with Crippen LogP contribution in [0.25, 0.3) is 6.08 Å². The largest absolute Gasteiger partial charge is 0.462 e. The van der Waals surface area contributed by atoms with E-state index < -0.39 is 6.61 Å². The molecule has 1 aromatic carbocycles. The maximum Gasteiger partial charge on any atom is 0.387 e. The molecule has 0 aliphatic rings. The van der Waals surface area contributed by atoms with Crippen molar-refractivity contribution < 1.29 is 22.7 Å². The van der Waals surface area contributed by atoms with Gasteiger partial charge in [-0.3, -0.25) is 4.79 Å². The van der Waals surface area contributed by atoms with Crippen LogP contribution in [0.5, 0.6) is 5.75 Å². The highest BCUT2D eigenvalue weighted by Crippen LogP contribution is 2.17. The van der Waals surface area contributed by atoms with E-state index in [2.05, 4.69) is 10.1 Å². The van der Waals surface area contributed by atoms with Crippen LogP contribution in [0.3, 0.4) is 0 Å². The van der Waals surface area contributed by atoms with Crippen molar-refractivity contribution in [2.45, 2.75) is 13.5 Å².